The smallest absolute Gasteiger partial charge is 0.157 e. The Labute approximate surface area is 104 Å². The summed E-state index contributed by atoms with van der Waals surface area (Å²) in [5.74, 6) is 0.535. The van der Waals surface area contributed by atoms with Crippen LogP contribution in [-0.4, -0.2) is 19.7 Å². The van der Waals surface area contributed by atoms with Crippen molar-refractivity contribution in [1.82, 2.24) is 19.7 Å². The Morgan fingerprint density at radius 2 is 2.24 bits per heavy atom. The zero-order valence-electron chi connectivity index (χ0n) is 9.61. The van der Waals surface area contributed by atoms with E-state index in [1.807, 2.05) is 20.2 Å². The minimum Gasteiger partial charge on any atom is -0.393 e. The van der Waals surface area contributed by atoms with Crippen LogP contribution in [0, 0.1) is 6.92 Å². The summed E-state index contributed by atoms with van der Waals surface area (Å²) in [6.07, 6.45) is 3.32. The van der Waals surface area contributed by atoms with Gasteiger partial charge in [-0.05, 0) is 6.92 Å². The molecule has 0 aliphatic rings. The maximum absolute atomic E-state index is 5.80. The van der Waals surface area contributed by atoms with Crippen LogP contribution in [0.5, 0.6) is 0 Å². The zero-order chi connectivity index (χ0) is 12.4. The number of nitrogens with one attached hydrogen (secondary N) is 1. The molecule has 2 aromatic rings. The molecule has 0 aliphatic carbocycles. The molecule has 0 saturated carbocycles. The van der Waals surface area contributed by atoms with E-state index in [9.17, 15) is 0 Å². The fraction of sp³-hybridized carbons (Fsp3) is 0.300. The average Bonchev–Trinajstić information content (AvgIpc) is 2.60. The van der Waals surface area contributed by atoms with Gasteiger partial charge in [-0.25, -0.2) is 9.97 Å². The van der Waals surface area contributed by atoms with Crippen LogP contribution in [0.15, 0.2) is 12.5 Å². The van der Waals surface area contributed by atoms with Crippen molar-refractivity contribution in [3.05, 3.63) is 28.9 Å². The van der Waals surface area contributed by atoms with Gasteiger partial charge in [-0.1, -0.05) is 11.6 Å². The number of nitrogen functional groups attached to an aromatic ring is 1. The minimum absolute atomic E-state index is 0.255. The number of rotatable bonds is 3. The summed E-state index contributed by atoms with van der Waals surface area (Å²) in [5.41, 5.74) is 8.16. The van der Waals surface area contributed by atoms with E-state index >= 15 is 0 Å². The van der Waals surface area contributed by atoms with Crippen LogP contribution in [0.25, 0.3) is 0 Å². The maximum Gasteiger partial charge on any atom is 0.157 e. The number of hydrogen-bond acceptors (Lipinski definition) is 5. The van der Waals surface area contributed by atoms with Crippen molar-refractivity contribution >= 4 is 23.1 Å². The molecule has 0 bridgehead atoms. The fourth-order valence-electron chi connectivity index (χ4n) is 1.52. The highest BCUT2D eigenvalue weighted by atomic mass is 35.5. The third kappa shape index (κ3) is 2.47. The molecule has 0 atom stereocenters. The van der Waals surface area contributed by atoms with Crippen LogP contribution >= 0.6 is 11.6 Å². The molecule has 2 aromatic heterocycles. The normalized spacial score (nSPS) is 10.5. The molecule has 0 amide bonds. The van der Waals surface area contributed by atoms with Crippen LogP contribution in [0.4, 0.5) is 11.5 Å². The topological polar surface area (TPSA) is 81.7 Å². The van der Waals surface area contributed by atoms with E-state index < -0.39 is 0 Å². The van der Waals surface area contributed by atoms with E-state index in [1.165, 1.54) is 6.33 Å². The summed E-state index contributed by atoms with van der Waals surface area (Å²) < 4.78 is 1.77. The van der Waals surface area contributed by atoms with Crippen molar-refractivity contribution in [2.24, 2.45) is 7.05 Å². The SMILES string of the molecule is Cc1nn(C)cc1CNc1ncnc(Cl)c1N. The first-order chi connectivity index (χ1) is 8.08. The number of anilines is 2. The first kappa shape index (κ1) is 11.7. The molecule has 0 aromatic carbocycles. The molecule has 0 fully saturated rings. The zero-order valence-corrected chi connectivity index (χ0v) is 10.4. The monoisotopic (exact) mass is 252 g/mol. The third-order valence-electron chi connectivity index (χ3n) is 2.40. The number of nitrogens with zero attached hydrogens (tertiary/aromatic N) is 4. The Kier molecular flexibility index (Phi) is 3.14. The Hall–Kier alpha value is -1.82. The molecule has 90 valence electrons. The molecular formula is C10H13ClN6. The van der Waals surface area contributed by atoms with Gasteiger partial charge in [0.05, 0.1) is 5.69 Å². The minimum atomic E-state index is 0.255. The Morgan fingerprint density at radius 3 is 2.88 bits per heavy atom. The predicted molar refractivity (Wildman–Crippen MR) is 66.7 cm³/mol. The van der Waals surface area contributed by atoms with Gasteiger partial charge >= 0.3 is 0 Å². The standard InChI is InChI=1S/C10H13ClN6/c1-6-7(4-17(2)16-6)3-13-10-8(12)9(11)14-5-15-10/h4-5H,3,12H2,1-2H3,(H,13,14,15). The van der Waals surface area contributed by atoms with Crippen LogP contribution < -0.4 is 11.1 Å². The van der Waals surface area contributed by atoms with Gasteiger partial charge in [0.15, 0.2) is 11.0 Å². The highest BCUT2D eigenvalue weighted by Gasteiger charge is 2.07. The van der Waals surface area contributed by atoms with Gasteiger partial charge in [0.25, 0.3) is 0 Å². The van der Waals surface area contributed by atoms with Crippen molar-refractivity contribution < 1.29 is 0 Å². The lowest BCUT2D eigenvalue weighted by Gasteiger charge is -2.07. The average molecular weight is 253 g/mol. The lowest BCUT2D eigenvalue weighted by Crippen LogP contribution is -2.06. The lowest BCUT2D eigenvalue weighted by molar-refractivity contribution is 0.756. The molecule has 6 nitrogen and oxygen atoms in total. The van der Waals surface area contributed by atoms with E-state index in [2.05, 4.69) is 20.4 Å². The van der Waals surface area contributed by atoms with Crippen LogP contribution in [0.2, 0.25) is 5.15 Å². The van der Waals surface area contributed by atoms with Gasteiger partial charge < -0.3 is 11.1 Å². The fourth-order valence-corrected chi connectivity index (χ4v) is 1.65. The second-order valence-corrected chi connectivity index (χ2v) is 4.05. The quantitative estimate of drug-likeness (QED) is 0.807. The summed E-state index contributed by atoms with van der Waals surface area (Å²) in [7, 11) is 1.88. The van der Waals surface area contributed by atoms with E-state index in [1.54, 1.807) is 4.68 Å². The van der Waals surface area contributed by atoms with E-state index in [0.717, 1.165) is 11.3 Å². The largest absolute Gasteiger partial charge is 0.393 e. The molecule has 2 rings (SSSR count). The highest BCUT2D eigenvalue weighted by molar-refractivity contribution is 6.32. The Bertz CT molecular complexity index is 536. The third-order valence-corrected chi connectivity index (χ3v) is 2.70. The van der Waals surface area contributed by atoms with Gasteiger partial charge in [0, 0.05) is 25.4 Å². The van der Waals surface area contributed by atoms with Crippen molar-refractivity contribution in [3.8, 4) is 0 Å². The van der Waals surface area contributed by atoms with Crippen LogP contribution in [-0.2, 0) is 13.6 Å². The van der Waals surface area contributed by atoms with Gasteiger partial charge in [-0.15, -0.1) is 0 Å². The summed E-state index contributed by atoms with van der Waals surface area (Å²) in [5, 5.41) is 7.62. The summed E-state index contributed by atoms with van der Waals surface area (Å²) in [6, 6.07) is 0. The summed E-state index contributed by atoms with van der Waals surface area (Å²) in [6.45, 7) is 2.55. The molecule has 17 heavy (non-hydrogen) atoms. The second kappa shape index (κ2) is 4.58. The van der Waals surface area contributed by atoms with Gasteiger partial charge in [-0.3, -0.25) is 4.68 Å². The molecule has 3 N–H and O–H groups in total. The van der Waals surface area contributed by atoms with Gasteiger partial charge in [0.1, 0.15) is 12.0 Å². The molecule has 0 unspecified atom stereocenters. The molecule has 2 heterocycles. The van der Waals surface area contributed by atoms with E-state index in [-0.39, 0.29) is 5.15 Å². The molecule has 0 radical (unpaired) electrons. The summed E-state index contributed by atoms with van der Waals surface area (Å²) >= 11 is 5.80. The maximum atomic E-state index is 5.80. The van der Waals surface area contributed by atoms with Gasteiger partial charge in [-0.2, -0.15) is 5.10 Å². The van der Waals surface area contributed by atoms with Crippen molar-refractivity contribution in [1.29, 1.82) is 0 Å². The Morgan fingerprint density at radius 1 is 1.47 bits per heavy atom. The van der Waals surface area contributed by atoms with Crippen molar-refractivity contribution in [3.63, 3.8) is 0 Å². The number of aryl methyl sites for hydroxylation is 2. The number of halogens is 1. The highest BCUT2D eigenvalue weighted by Crippen LogP contribution is 2.22. The first-order valence-corrected chi connectivity index (χ1v) is 5.44. The lowest BCUT2D eigenvalue weighted by atomic mass is 10.2. The number of hydrogen-bond donors (Lipinski definition) is 2. The summed E-state index contributed by atoms with van der Waals surface area (Å²) in [4.78, 5) is 7.82. The van der Waals surface area contributed by atoms with Crippen molar-refractivity contribution in [2.45, 2.75) is 13.5 Å². The van der Waals surface area contributed by atoms with Crippen molar-refractivity contribution in [2.75, 3.05) is 11.1 Å². The molecule has 0 spiro atoms. The van der Waals surface area contributed by atoms with Gasteiger partial charge in [0.2, 0.25) is 0 Å². The van der Waals surface area contributed by atoms with Crippen LogP contribution in [0.1, 0.15) is 11.3 Å². The number of nitrogens with two attached hydrogens (primary N) is 1. The Balaban J connectivity index is 2.12. The number of aromatic nitrogens is 4. The molecule has 7 heteroatoms. The predicted octanol–water partition coefficient (Wildman–Crippen LogP) is 1.37. The second-order valence-electron chi connectivity index (χ2n) is 3.69. The first-order valence-electron chi connectivity index (χ1n) is 5.07. The molecular weight excluding hydrogens is 240 g/mol. The van der Waals surface area contributed by atoms with Crippen LogP contribution in [0.3, 0.4) is 0 Å². The van der Waals surface area contributed by atoms with E-state index in [4.69, 9.17) is 17.3 Å². The molecule has 0 saturated heterocycles. The van der Waals surface area contributed by atoms with E-state index in [0.29, 0.717) is 18.1 Å². The molecule has 0 aliphatic heterocycles.